The second-order valence-electron chi connectivity index (χ2n) is 1.60. The van der Waals surface area contributed by atoms with Crippen LogP contribution in [0, 0.1) is 5.41 Å². The number of nitrogens with one attached hydrogen (secondary N) is 1. The first kappa shape index (κ1) is 6.41. The van der Waals surface area contributed by atoms with Crippen LogP contribution >= 0.6 is 0 Å². The fourth-order valence-corrected chi connectivity index (χ4v) is 0.217. The van der Waals surface area contributed by atoms with Gasteiger partial charge >= 0.3 is 0 Å². The molecule has 7 heavy (non-hydrogen) atoms. The first-order valence-electron chi connectivity index (χ1n) is 2.37. The maximum atomic E-state index is 7.03. The molecule has 1 nitrogen and oxygen atoms in total. The highest BCUT2D eigenvalue weighted by Gasteiger charge is 1.84. The van der Waals surface area contributed by atoms with E-state index in [1.54, 1.807) is 6.92 Å². The molecule has 1 heteroatoms. The molecule has 1 N–H and O–H groups in total. The Bertz CT molecular complexity index is 101. The van der Waals surface area contributed by atoms with Crippen molar-refractivity contribution in [2.45, 2.75) is 20.8 Å². The summed E-state index contributed by atoms with van der Waals surface area (Å²) < 4.78 is 0. The van der Waals surface area contributed by atoms with Crippen molar-refractivity contribution in [3.05, 3.63) is 11.6 Å². The molecule has 0 aliphatic rings. The van der Waals surface area contributed by atoms with Crippen molar-refractivity contribution in [1.82, 2.24) is 0 Å². The predicted octanol–water partition coefficient (Wildman–Crippen LogP) is 1.99. The minimum Gasteiger partial charge on any atom is -0.305 e. The zero-order valence-corrected chi connectivity index (χ0v) is 5.08. The molecule has 40 valence electrons. The van der Waals surface area contributed by atoms with Gasteiger partial charge in [0.2, 0.25) is 0 Å². The maximum Gasteiger partial charge on any atom is 0.0308 e. The molecule has 0 aromatic carbocycles. The van der Waals surface area contributed by atoms with Crippen LogP contribution in [-0.2, 0) is 0 Å². The Labute approximate surface area is 44.6 Å². The van der Waals surface area contributed by atoms with Crippen molar-refractivity contribution in [2.75, 3.05) is 0 Å². The van der Waals surface area contributed by atoms with E-state index < -0.39 is 0 Å². The summed E-state index contributed by atoms with van der Waals surface area (Å²) in [5.74, 6) is 0. The lowest BCUT2D eigenvalue weighted by molar-refractivity contribution is 1.40. The van der Waals surface area contributed by atoms with Gasteiger partial charge in [0.25, 0.3) is 0 Å². The molecule has 0 aliphatic heterocycles. The summed E-state index contributed by atoms with van der Waals surface area (Å²) in [6.45, 7) is 5.66. The van der Waals surface area contributed by atoms with Crippen molar-refractivity contribution in [3.8, 4) is 0 Å². The number of hydrogen-bond acceptors (Lipinski definition) is 1. The summed E-state index contributed by atoms with van der Waals surface area (Å²) in [6.07, 6.45) is 1.93. The van der Waals surface area contributed by atoms with Crippen molar-refractivity contribution in [2.24, 2.45) is 0 Å². The minimum atomic E-state index is 0.655. The highest BCUT2D eigenvalue weighted by atomic mass is 14.4. The Morgan fingerprint density at radius 3 is 1.86 bits per heavy atom. The molecule has 0 fully saturated rings. The van der Waals surface area contributed by atoms with Crippen LogP contribution in [0.2, 0.25) is 0 Å². The van der Waals surface area contributed by atoms with Crippen LogP contribution in [-0.4, -0.2) is 5.71 Å². The van der Waals surface area contributed by atoms with E-state index in [4.69, 9.17) is 5.41 Å². The zero-order chi connectivity index (χ0) is 5.86. The topological polar surface area (TPSA) is 23.9 Å². The van der Waals surface area contributed by atoms with Crippen LogP contribution in [0.1, 0.15) is 20.8 Å². The third-order valence-electron chi connectivity index (χ3n) is 1.02. The first-order chi connectivity index (χ1) is 3.18. The molecule has 0 spiro atoms. The van der Waals surface area contributed by atoms with Crippen molar-refractivity contribution >= 4 is 5.71 Å². The lowest BCUT2D eigenvalue weighted by Gasteiger charge is -1.89. The molecule has 0 heterocycles. The van der Waals surface area contributed by atoms with Gasteiger partial charge in [0.05, 0.1) is 0 Å². The molecule has 0 saturated heterocycles. The van der Waals surface area contributed by atoms with Gasteiger partial charge in [0.15, 0.2) is 0 Å². The molecule has 0 unspecified atom stereocenters. The van der Waals surface area contributed by atoms with Crippen LogP contribution in [0.5, 0.6) is 0 Å². The Kier molecular flexibility index (Phi) is 2.34. The monoisotopic (exact) mass is 97.1 g/mol. The van der Waals surface area contributed by atoms with Gasteiger partial charge in [-0.05, 0) is 26.3 Å². The molecular weight excluding hydrogens is 86.1 g/mol. The Balaban J connectivity index is 3.82. The van der Waals surface area contributed by atoms with E-state index in [0.29, 0.717) is 5.71 Å². The zero-order valence-electron chi connectivity index (χ0n) is 5.08. The van der Waals surface area contributed by atoms with E-state index >= 15 is 0 Å². The van der Waals surface area contributed by atoms with Gasteiger partial charge in [0.1, 0.15) is 0 Å². The van der Waals surface area contributed by atoms with Gasteiger partial charge in [-0.25, -0.2) is 0 Å². The molecule has 0 bridgehead atoms. The summed E-state index contributed by atoms with van der Waals surface area (Å²) in [5, 5.41) is 7.03. The van der Waals surface area contributed by atoms with Crippen LogP contribution in [0.3, 0.4) is 0 Å². The normalized spacial score (nSPS) is 11.6. The third-order valence-corrected chi connectivity index (χ3v) is 1.02. The molecule has 0 aromatic rings. The molecule has 0 aliphatic carbocycles. The molecule has 0 radical (unpaired) electrons. The summed E-state index contributed by atoms with van der Waals surface area (Å²) in [7, 11) is 0. The highest BCUT2D eigenvalue weighted by molar-refractivity contribution is 5.94. The van der Waals surface area contributed by atoms with E-state index in [1.165, 1.54) is 0 Å². The van der Waals surface area contributed by atoms with Gasteiger partial charge in [-0.3, -0.25) is 0 Å². The standard InChI is InChI=1S/C6H11N/c1-4-5(2)6(3)7/h4,7H,1-3H3/b5-4+,7-6?. The molecule has 0 rings (SSSR count). The predicted molar refractivity (Wildman–Crippen MR) is 32.8 cm³/mol. The van der Waals surface area contributed by atoms with Gasteiger partial charge in [-0.1, -0.05) is 6.08 Å². The van der Waals surface area contributed by atoms with Crippen molar-refractivity contribution < 1.29 is 0 Å². The van der Waals surface area contributed by atoms with Crippen LogP contribution in [0.25, 0.3) is 0 Å². The average Bonchev–Trinajstić information content (AvgIpc) is 1.65. The summed E-state index contributed by atoms with van der Waals surface area (Å²) in [5.41, 5.74) is 1.71. The van der Waals surface area contributed by atoms with Crippen molar-refractivity contribution in [3.63, 3.8) is 0 Å². The number of allylic oxidation sites excluding steroid dienone is 2. The SMILES string of the molecule is C/C=C(\C)C(C)=N. The summed E-state index contributed by atoms with van der Waals surface area (Å²) in [4.78, 5) is 0. The van der Waals surface area contributed by atoms with Crippen LogP contribution in [0.15, 0.2) is 11.6 Å². The molecule has 0 amide bonds. The number of rotatable bonds is 1. The van der Waals surface area contributed by atoms with E-state index in [9.17, 15) is 0 Å². The fourth-order valence-electron chi connectivity index (χ4n) is 0.217. The second kappa shape index (κ2) is 2.56. The Morgan fingerprint density at radius 2 is 1.86 bits per heavy atom. The first-order valence-corrected chi connectivity index (χ1v) is 2.37. The van der Waals surface area contributed by atoms with E-state index in [-0.39, 0.29) is 0 Å². The molecule has 0 atom stereocenters. The highest BCUT2D eigenvalue weighted by Crippen LogP contribution is 1.90. The molecule has 0 saturated carbocycles. The molecular formula is C6H11N. The van der Waals surface area contributed by atoms with Crippen LogP contribution in [0.4, 0.5) is 0 Å². The minimum absolute atomic E-state index is 0.655. The Hall–Kier alpha value is -0.590. The van der Waals surface area contributed by atoms with Gasteiger partial charge < -0.3 is 5.41 Å². The third kappa shape index (κ3) is 2.15. The van der Waals surface area contributed by atoms with Gasteiger partial charge in [-0.2, -0.15) is 0 Å². The van der Waals surface area contributed by atoms with Gasteiger partial charge in [-0.15, -0.1) is 0 Å². The average molecular weight is 97.2 g/mol. The summed E-state index contributed by atoms with van der Waals surface area (Å²) in [6, 6.07) is 0. The summed E-state index contributed by atoms with van der Waals surface area (Å²) >= 11 is 0. The Morgan fingerprint density at radius 1 is 1.43 bits per heavy atom. The van der Waals surface area contributed by atoms with Crippen LogP contribution < -0.4 is 0 Å². The largest absolute Gasteiger partial charge is 0.305 e. The van der Waals surface area contributed by atoms with Gasteiger partial charge in [0, 0.05) is 5.71 Å². The number of hydrogen-bond donors (Lipinski definition) is 1. The fraction of sp³-hybridized carbons (Fsp3) is 0.500. The van der Waals surface area contributed by atoms with Crippen molar-refractivity contribution in [1.29, 1.82) is 5.41 Å². The van der Waals surface area contributed by atoms with E-state index in [2.05, 4.69) is 0 Å². The lowest BCUT2D eigenvalue weighted by Crippen LogP contribution is -1.87. The second-order valence-corrected chi connectivity index (χ2v) is 1.60. The lowest BCUT2D eigenvalue weighted by atomic mass is 10.2. The van der Waals surface area contributed by atoms with E-state index in [0.717, 1.165) is 5.57 Å². The maximum absolute atomic E-state index is 7.03. The quantitative estimate of drug-likeness (QED) is 0.484. The van der Waals surface area contributed by atoms with E-state index in [1.807, 2.05) is 19.9 Å². The smallest absolute Gasteiger partial charge is 0.0308 e. The molecule has 0 aromatic heterocycles.